The van der Waals surface area contributed by atoms with Gasteiger partial charge in [-0.2, -0.15) is 0 Å². The van der Waals surface area contributed by atoms with Gasteiger partial charge in [0.1, 0.15) is 12.4 Å². The van der Waals surface area contributed by atoms with E-state index in [-0.39, 0.29) is 24.0 Å². The lowest BCUT2D eigenvalue weighted by molar-refractivity contribution is 0.283. The first-order chi connectivity index (χ1) is 11.8. The SMILES string of the molecule is CCNC(=NCc1nnc2n1CCCC2)NCC1(CC)CCCC1.I. The van der Waals surface area contributed by atoms with Crippen LogP contribution in [0.3, 0.4) is 0 Å². The molecule has 1 aliphatic carbocycles. The smallest absolute Gasteiger partial charge is 0.191 e. The summed E-state index contributed by atoms with van der Waals surface area (Å²) in [7, 11) is 0. The van der Waals surface area contributed by atoms with Gasteiger partial charge in [0.25, 0.3) is 0 Å². The molecule has 2 N–H and O–H groups in total. The second-order valence-electron chi connectivity index (χ2n) is 7.25. The summed E-state index contributed by atoms with van der Waals surface area (Å²) in [6, 6.07) is 0. The van der Waals surface area contributed by atoms with E-state index in [1.807, 2.05) is 0 Å². The van der Waals surface area contributed by atoms with Crippen molar-refractivity contribution in [2.24, 2.45) is 10.4 Å². The molecule has 1 aromatic rings. The fourth-order valence-electron chi connectivity index (χ4n) is 4.03. The van der Waals surface area contributed by atoms with E-state index in [9.17, 15) is 0 Å². The molecule has 0 atom stereocenters. The molecule has 0 radical (unpaired) electrons. The first-order valence-electron chi connectivity index (χ1n) is 9.69. The third-order valence-corrected chi connectivity index (χ3v) is 5.70. The van der Waals surface area contributed by atoms with Crippen molar-refractivity contribution < 1.29 is 0 Å². The number of guanidine groups is 1. The maximum atomic E-state index is 4.76. The Hall–Kier alpha value is -0.860. The number of aromatic nitrogens is 3. The van der Waals surface area contributed by atoms with Crippen LogP contribution in [0.1, 0.15) is 70.4 Å². The molecule has 1 aliphatic heterocycles. The number of aliphatic imine (C=N–C) groups is 1. The van der Waals surface area contributed by atoms with Crippen LogP contribution >= 0.6 is 24.0 Å². The third-order valence-electron chi connectivity index (χ3n) is 5.70. The van der Waals surface area contributed by atoms with Gasteiger partial charge in [0.05, 0.1) is 0 Å². The molecule has 0 spiro atoms. The number of fused-ring (bicyclic) bond motifs is 1. The van der Waals surface area contributed by atoms with E-state index < -0.39 is 0 Å². The molecule has 7 heteroatoms. The molecule has 0 bridgehead atoms. The van der Waals surface area contributed by atoms with Gasteiger partial charge in [-0.05, 0) is 44.4 Å². The Bertz CT molecular complexity index is 562. The summed E-state index contributed by atoms with van der Waals surface area (Å²) in [5.74, 6) is 3.03. The maximum absolute atomic E-state index is 4.76. The molecule has 6 nitrogen and oxygen atoms in total. The van der Waals surface area contributed by atoms with Crippen molar-refractivity contribution in [3.8, 4) is 0 Å². The van der Waals surface area contributed by atoms with Gasteiger partial charge in [-0.15, -0.1) is 34.2 Å². The van der Waals surface area contributed by atoms with Crippen LogP contribution < -0.4 is 10.6 Å². The van der Waals surface area contributed by atoms with Crippen molar-refractivity contribution in [1.82, 2.24) is 25.4 Å². The van der Waals surface area contributed by atoms with Crippen LogP contribution in [0.5, 0.6) is 0 Å². The molecular weight excluding hydrogens is 427 g/mol. The van der Waals surface area contributed by atoms with Gasteiger partial charge in [-0.3, -0.25) is 0 Å². The predicted molar refractivity (Wildman–Crippen MR) is 112 cm³/mol. The Balaban J connectivity index is 0.00000225. The van der Waals surface area contributed by atoms with Crippen molar-refractivity contribution in [3.63, 3.8) is 0 Å². The summed E-state index contributed by atoms with van der Waals surface area (Å²) >= 11 is 0. The molecule has 1 fully saturated rings. The van der Waals surface area contributed by atoms with Crippen LogP contribution in [0.15, 0.2) is 4.99 Å². The highest BCUT2D eigenvalue weighted by atomic mass is 127. The number of nitrogens with zero attached hydrogens (tertiary/aromatic N) is 4. The molecule has 2 heterocycles. The van der Waals surface area contributed by atoms with Gasteiger partial charge < -0.3 is 15.2 Å². The summed E-state index contributed by atoms with van der Waals surface area (Å²) < 4.78 is 2.25. The summed E-state index contributed by atoms with van der Waals surface area (Å²) in [6.07, 6.45) is 10.2. The summed E-state index contributed by atoms with van der Waals surface area (Å²) in [5.41, 5.74) is 0.463. The molecule has 25 heavy (non-hydrogen) atoms. The molecule has 0 amide bonds. The Kier molecular flexibility index (Phi) is 7.96. The van der Waals surface area contributed by atoms with Crippen LogP contribution in [-0.2, 0) is 19.5 Å². The van der Waals surface area contributed by atoms with Gasteiger partial charge in [0.15, 0.2) is 11.8 Å². The zero-order chi connectivity index (χ0) is 16.8. The van der Waals surface area contributed by atoms with Crippen molar-refractivity contribution in [3.05, 3.63) is 11.6 Å². The molecule has 0 unspecified atom stereocenters. The monoisotopic (exact) mass is 460 g/mol. The summed E-state index contributed by atoms with van der Waals surface area (Å²) in [4.78, 5) is 4.76. The normalized spacial score (nSPS) is 19.2. The van der Waals surface area contributed by atoms with Gasteiger partial charge >= 0.3 is 0 Å². The van der Waals surface area contributed by atoms with Crippen molar-refractivity contribution in [2.75, 3.05) is 13.1 Å². The maximum Gasteiger partial charge on any atom is 0.191 e. The predicted octanol–water partition coefficient (Wildman–Crippen LogP) is 3.26. The van der Waals surface area contributed by atoms with Crippen LogP contribution in [0.2, 0.25) is 0 Å². The van der Waals surface area contributed by atoms with Crippen LogP contribution in [0.25, 0.3) is 0 Å². The molecule has 0 aromatic carbocycles. The van der Waals surface area contributed by atoms with Gasteiger partial charge in [-0.1, -0.05) is 19.8 Å². The van der Waals surface area contributed by atoms with E-state index in [0.29, 0.717) is 12.0 Å². The summed E-state index contributed by atoms with van der Waals surface area (Å²) in [6.45, 7) is 7.97. The summed E-state index contributed by atoms with van der Waals surface area (Å²) in [5, 5.41) is 15.6. The van der Waals surface area contributed by atoms with Crippen LogP contribution in [0, 0.1) is 5.41 Å². The number of nitrogens with one attached hydrogen (secondary N) is 2. The lowest BCUT2D eigenvalue weighted by Crippen LogP contribution is -2.43. The van der Waals surface area contributed by atoms with Crippen molar-refractivity contribution in [1.29, 1.82) is 0 Å². The molecule has 0 saturated heterocycles. The van der Waals surface area contributed by atoms with Gasteiger partial charge in [0, 0.05) is 26.1 Å². The average molecular weight is 460 g/mol. The Labute approximate surface area is 168 Å². The van der Waals surface area contributed by atoms with Crippen molar-refractivity contribution >= 4 is 29.9 Å². The quantitative estimate of drug-likeness (QED) is 0.389. The lowest BCUT2D eigenvalue weighted by atomic mass is 9.83. The zero-order valence-corrected chi connectivity index (χ0v) is 18.0. The fourth-order valence-corrected chi connectivity index (χ4v) is 4.03. The molecule has 1 saturated carbocycles. The standard InChI is InChI=1S/C18H32N6.HI/c1-3-18(10-6-7-11-18)14-21-17(19-4-2)20-13-16-23-22-15-9-5-8-12-24(15)16;/h3-14H2,1-2H3,(H2,19,20,21);1H. The van der Waals surface area contributed by atoms with Crippen molar-refractivity contribution in [2.45, 2.75) is 78.3 Å². The highest BCUT2D eigenvalue weighted by Crippen LogP contribution is 2.40. The minimum atomic E-state index is 0. The second kappa shape index (κ2) is 9.73. The first-order valence-corrected chi connectivity index (χ1v) is 9.69. The first kappa shape index (κ1) is 20.5. The number of hydrogen-bond donors (Lipinski definition) is 2. The third kappa shape index (κ3) is 5.08. The number of hydrogen-bond acceptors (Lipinski definition) is 3. The topological polar surface area (TPSA) is 67.1 Å². The second-order valence-corrected chi connectivity index (χ2v) is 7.25. The van der Waals surface area contributed by atoms with Gasteiger partial charge in [0.2, 0.25) is 0 Å². The van der Waals surface area contributed by atoms with Crippen LogP contribution in [0.4, 0.5) is 0 Å². The van der Waals surface area contributed by atoms with E-state index in [0.717, 1.165) is 43.7 Å². The largest absolute Gasteiger partial charge is 0.357 e. The highest BCUT2D eigenvalue weighted by molar-refractivity contribution is 14.0. The van der Waals surface area contributed by atoms with E-state index in [1.54, 1.807) is 0 Å². The Morgan fingerprint density at radius 1 is 1.12 bits per heavy atom. The number of aryl methyl sites for hydroxylation is 1. The average Bonchev–Trinajstić information content (AvgIpc) is 3.25. The van der Waals surface area contributed by atoms with E-state index in [2.05, 4.69) is 39.2 Å². The fraction of sp³-hybridized carbons (Fsp3) is 0.833. The molecule has 2 aliphatic rings. The minimum absolute atomic E-state index is 0. The van der Waals surface area contributed by atoms with E-state index in [4.69, 9.17) is 4.99 Å². The number of rotatable bonds is 6. The zero-order valence-electron chi connectivity index (χ0n) is 15.7. The highest BCUT2D eigenvalue weighted by Gasteiger charge is 2.31. The van der Waals surface area contributed by atoms with E-state index >= 15 is 0 Å². The Morgan fingerprint density at radius 3 is 2.64 bits per heavy atom. The number of halogens is 1. The minimum Gasteiger partial charge on any atom is -0.357 e. The molecule has 3 rings (SSSR count). The lowest BCUT2D eigenvalue weighted by Gasteiger charge is -2.28. The Morgan fingerprint density at radius 2 is 1.92 bits per heavy atom. The molecule has 142 valence electrons. The van der Waals surface area contributed by atoms with E-state index in [1.165, 1.54) is 44.9 Å². The van der Waals surface area contributed by atoms with Gasteiger partial charge in [-0.25, -0.2) is 4.99 Å². The van der Waals surface area contributed by atoms with Crippen LogP contribution in [-0.4, -0.2) is 33.8 Å². The molecular formula is C18H33IN6. The molecule has 1 aromatic heterocycles.